The lowest BCUT2D eigenvalue weighted by molar-refractivity contribution is -0.134. The molecule has 11 nitrogen and oxygen atoms in total. The maximum atomic E-state index is 12.4. The highest BCUT2D eigenvalue weighted by atomic mass is 16.6. The molecule has 2 aromatic carbocycles. The van der Waals surface area contributed by atoms with Gasteiger partial charge in [-0.2, -0.15) is 5.10 Å². The summed E-state index contributed by atoms with van der Waals surface area (Å²) >= 11 is 0. The van der Waals surface area contributed by atoms with Crippen LogP contribution in [-0.2, 0) is 16.6 Å². The van der Waals surface area contributed by atoms with Crippen LogP contribution in [0.5, 0.6) is 17.2 Å². The summed E-state index contributed by atoms with van der Waals surface area (Å²) < 4.78 is 18.9. The van der Waals surface area contributed by atoms with E-state index in [1.807, 2.05) is 18.7 Å². The van der Waals surface area contributed by atoms with E-state index in [4.69, 9.17) is 19.9 Å². The standard InChI is InChI=1S/C27H33N5O6.C2H6/c1-27(2,3)38-26(35)32-12-11-31(17-23(32)33)10-5-13-36-20-6-8-21(9-7-20)37-22-15-18(25(28)34)14-19-16-29-30(4)24(19)22;1-2/h6-9,14-16H,5,10-13,17H2,1-4H3,(H2,28,34);1-2H3. The normalized spacial score (nSPS) is 13.9. The maximum absolute atomic E-state index is 12.4. The minimum Gasteiger partial charge on any atom is -0.494 e. The van der Waals surface area contributed by atoms with E-state index in [0.717, 1.165) is 17.3 Å². The van der Waals surface area contributed by atoms with Crippen LogP contribution in [0.15, 0.2) is 42.6 Å². The molecular weight excluding hydrogens is 514 g/mol. The third-order valence-corrected chi connectivity index (χ3v) is 5.94. The SMILES string of the molecule is CC.Cn1ncc2cc(C(N)=O)cc(Oc3ccc(OCCCN4CCN(C(=O)OC(C)(C)C)C(=O)C4)cc3)c21. The summed E-state index contributed by atoms with van der Waals surface area (Å²) in [6.07, 6.45) is 1.78. The number of hydrogen-bond acceptors (Lipinski definition) is 8. The fourth-order valence-corrected chi connectivity index (χ4v) is 4.13. The third-order valence-electron chi connectivity index (χ3n) is 5.94. The van der Waals surface area contributed by atoms with E-state index >= 15 is 0 Å². The van der Waals surface area contributed by atoms with Crippen LogP contribution in [0.2, 0.25) is 0 Å². The number of benzene rings is 2. The van der Waals surface area contributed by atoms with Crippen LogP contribution in [0.4, 0.5) is 4.79 Å². The Labute approximate surface area is 234 Å². The molecule has 1 aromatic heterocycles. The molecule has 0 radical (unpaired) electrons. The van der Waals surface area contributed by atoms with Crippen LogP contribution >= 0.6 is 0 Å². The van der Waals surface area contributed by atoms with Crippen molar-refractivity contribution in [2.24, 2.45) is 12.8 Å². The topological polar surface area (TPSA) is 129 Å². The number of nitrogens with zero attached hydrogens (tertiary/aromatic N) is 4. The van der Waals surface area contributed by atoms with Crippen molar-refractivity contribution >= 4 is 28.8 Å². The lowest BCUT2D eigenvalue weighted by Crippen LogP contribution is -2.53. The van der Waals surface area contributed by atoms with Crippen molar-refractivity contribution in [2.45, 2.75) is 46.6 Å². The Morgan fingerprint density at radius 3 is 2.35 bits per heavy atom. The first-order chi connectivity index (χ1) is 19.0. The monoisotopic (exact) mass is 553 g/mol. The van der Waals surface area contributed by atoms with Crippen LogP contribution < -0.4 is 15.2 Å². The largest absolute Gasteiger partial charge is 0.494 e. The van der Waals surface area contributed by atoms with Gasteiger partial charge in [0.15, 0.2) is 5.75 Å². The fraction of sp³-hybridized carbons (Fsp3) is 0.448. The van der Waals surface area contributed by atoms with Gasteiger partial charge in [0, 0.05) is 37.6 Å². The number of nitrogens with two attached hydrogens (primary N) is 1. The number of rotatable bonds is 8. The van der Waals surface area contributed by atoms with Crippen molar-refractivity contribution in [3.63, 3.8) is 0 Å². The highest BCUT2D eigenvalue weighted by molar-refractivity contribution is 5.99. The number of fused-ring (bicyclic) bond motifs is 1. The van der Waals surface area contributed by atoms with E-state index in [1.54, 1.807) is 75.1 Å². The van der Waals surface area contributed by atoms with Crippen molar-refractivity contribution in [3.8, 4) is 17.2 Å². The molecule has 2 heterocycles. The lowest BCUT2D eigenvalue weighted by Gasteiger charge is -2.34. The summed E-state index contributed by atoms with van der Waals surface area (Å²) in [5, 5.41) is 4.99. The molecule has 0 aliphatic carbocycles. The van der Waals surface area contributed by atoms with Crippen molar-refractivity contribution in [1.82, 2.24) is 19.6 Å². The van der Waals surface area contributed by atoms with Gasteiger partial charge in [0.1, 0.15) is 22.6 Å². The molecule has 40 heavy (non-hydrogen) atoms. The molecule has 0 bridgehead atoms. The van der Waals surface area contributed by atoms with Gasteiger partial charge in [-0.3, -0.25) is 19.2 Å². The molecule has 4 rings (SSSR count). The smallest absolute Gasteiger partial charge is 0.417 e. The molecule has 0 unspecified atom stereocenters. The number of aryl methyl sites for hydroxylation is 1. The molecule has 11 heteroatoms. The Kier molecular flexibility index (Phi) is 10.1. The molecule has 3 aromatic rings. The van der Waals surface area contributed by atoms with Crippen molar-refractivity contribution in [1.29, 1.82) is 0 Å². The Morgan fingerprint density at radius 1 is 1.05 bits per heavy atom. The first-order valence-electron chi connectivity index (χ1n) is 13.4. The lowest BCUT2D eigenvalue weighted by atomic mass is 10.1. The number of carbonyl (C=O) groups is 3. The molecule has 1 fully saturated rings. The van der Waals surface area contributed by atoms with Crippen molar-refractivity contribution < 1.29 is 28.6 Å². The first-order valence-corrected chi connectivity index (χ1v) is 13.4. The summed E-state index contributed by atoms with van der Waals surface area (Å²) in [5.74, 6) is 0.930. The zero-order valence-corrected chi connectivity index (χ0v) is 24.1. The van der Waals surface area contributed by atoms with Crippen molar-refractivity contribution in [2.75, 3.05) is 32.8 Å². The molecule has 1 aliphatic rings. The molecule has 1 aliphatic heterocycles. The van der Waals surface area contributed by atoms with Gasteiger partial charge in [-0.05, 0) is 63.6 Å². The van der Waals surface area contributed by atoms with Gasteiger partial charge in [0.2, 0.25) is 11.8 Å². The Balaban J connectivity index is 0.00000216. The fourth-order valence-electron chi connectivity index (χ4n) is 4.13. The van der Waals surface area contributed by atoms with Crippen LogP contribution in [-0.4, -0.2) is 75.9 Å². The Bertz CT molecular complexity index is 1330. The summed E-state index contributed by atoms with van der Waals surface area (Å²) in [6.45, 7) is 11.5. The van der Waals surface area contributed by atoms with Crippen LogP contribution in [0.1, 0.15) is 51.4 Å². The van der Waals surface area contributed by atoms with E-state index in [-0.39, 0.29) is 12.5 Å². The minimum absolute atomic E-state index is 0.173. The predicted octanol–water partition coefficient (Wildman–Crippen LogP) is 4.34. The van der Waals surface area contributed by atoms with Gasteiger partial charge >= 0.3 is 6.09 Å². The second kappa shape index (κ2) is 13.3. The number of aromatic nitrogens is 2. The average Bonchev–Trinajstić information content (AvgIpc) is 3.28. The molecule has 3 amide bonds. The number of amides is 3. The molecule has 1 saturated heterocycles. The van der Waals surface area contributed by atoms with E-state index in [9.17, 15) is 14.4 Å². The van der Waals surface area contributed by atoms with Gasteiger partial charge in [0.05, 0.1) is 19.3 Å². The first kappa shape index (κ1) is 30.4. The Morgan fingerprint density at radius 2 is 1.73 bits per heavy atom. The zero-order chi connectivity index (χ0) is 29.4. The van der Waals surface area contributed by atoms with E-state index in [0.29, 0.717) is 49.1 Å². The number of piperazine rings is 1. The summed E-state index contributed by atoms with van der Waals surface area (Å²) in [4.78, 5) is 39.5. The zero-order valence-electron chi connectivity index (χ0n) is 24.1. The van der Waals surface area contributed by atoms with Crippen LogP contribution in [0.25, 0.3) is 10.9 Å². The van der Waals surface area contributed by atoms with Gasteiger partial charge in [-0.15, -0.1) is 0 Å². The third kappa shape index (κ3) is 7.95. The maximum Gasteiger partial charge on any atom is 0.417 e. The van der Waals surface area contributed by atoms with Gasteiger partial charge < -0.3 is 19.9 Å². The van der Waals surface area contributed by atoms with E-state index in [1.165, 1.54) is 4.90 Å². The second-order valence-corrected chi connectivity index (χ2v) is 10.1. The molecular formula is C29H39N5O6. The van der Waals surface area contributed by atoms with Crippen LogP contribution in [0, 0.1) is 0 Å². The van der Waals surface area contributed by atoms with Gasteiger partial charge in [-0.1, -0.05) is 13.8 Å². The molecule has 2 N–H and O–H groups in total. The minimum atomic E-state index is -0.641. The number of imide groups is 1. The number of primary amides is 1. The predicted molar refractivity (Wildman–Crippen MR) is 152 cm³/mol. The number of hydrogen-bond donors (Lipinski definition) is 1. The van der Waals surface area contributed by atoms with Crippen LogP contribution in [0.3, 0.4) is 0 Å². The molecule has 216 valence electrons. The quantitative estimate of drug-likeness (QED) is 0.408. The van der Waals surface area contributed by atoms with E-state index in [2.05, 4.69) is 5.10 Å². The number of carbonyl (C=O) groups excluding carboxylic acids is 3. The molecule has 0 spiro atoms. The van der Waals surface area contributed by atoms with Gasteiger partial charge in [0.25, 0.3) is 0 Å². The summed E-state index contributed by atoms with van der Waals surface area (Å²) in [7, 11) is 1.80. The molecule has 0 atom stereocenters. The number of ether oxygens (including phenoxy) is 3. The van der Waals surface area contributed by atoms with Gasteiger partial charge in [-0.25, -0.2) is 9.69 Å². The highest BCUT2D eigenvalue weighted by Crippen LogP contribution is 2.32. The highest BCUT2D eigenvalue weighted by Gasteiger charge is 2.31. The Hall–Kier alpha value is -4.12. The summed E-state index contributed by atoms with van der Waals surface area (Å²) in [6, 6.07) is 10.5. The average molecular weight is 554 g/mol. The molecule has 0 saturated carbocycles. The second-order valence-electron chi connectivity index (χ2n) is 10.1. The van der Waals surface area contributed by atoms with Crippen molar-refractivity contribution in [3.05, 3.63) is 48.2 Å². The summed E-state index contributed by atoms with van der Waals surface area (Å²) in [5.41, 5.74) is 5.92. The van der Waals surface area contributed by atoms with E-state index < -0.39 is 17.6 Å².